The van der Waals surface area contributed by atoms with E-state index in [0.29, 0.717) is 0 Å². The molecule has 0 fully saturated rings. The normalized spacial score (nSPS) is 11.6. The highest BCUT2D eigenvalue weighted by molar-refractivity contribution is 5.88. The largest absolute Gasteiger partial charge is 0.452 e. The lowest BCUT2D eigenvalue weighted by atomic mass is 10.5. The smallest absolute Gasteiger partial charge is 0.358 e. The molecule has 64 valence electrons. The zero-order chi connectivity index (χ0) is 9.14. The predicted octanol–water partition coefficient (Wildman–Crippen LogP) is -0.167. The van der Waals surface area contributed by atoms with E-state index in [4.69, 9.17) is 5.21 Å². The first-order chi connectivity index (χ1) is 5.66. The van der Waals surface area contributed by atoms with Crippen molar-refractivity contribution in [2.45, 2.75) is 0 Å². The van der Waals surface area contributed by atoms with Crippen molar-refractivity contribution in [2.24, 2.45) is 12.2 Å². The van der Waals surface area contributed by atoms with Gasteiger partial charge in [-0.15, -0.1) is 0 Å². The number of nitro groups is 1. The molecule has 0 saturated heterocycles. The van der Waals surface area contributed by atoms with Gasteiger partial charge in [-0.05, 0) is 4.92 Å². The van der Waals surface area contributed by atoms with Gasteiger partial charge in [-0.1, -0.05) is 0 Å². The van der Waals surface area contributed by atoms with Crippen LogP contribution < -0.4 is 0 Å². The fourth-order valence-corrected chi connectivity index (χ4v) is 0.744. The Morgan fingerprint density at radius 1 is 1.92 bits per heavy atom. The average Bonchev–Trinajstić information content (AvgIpc) is 2.38. The maximum Gasteiger partial charge on any atom is 0.452 e. The number of nitrogens with zero attached hydrogens (tertiary/aromatic N) is 4. The van der Waals surface area contributed by atoms with Gasteiger partial charge in [0.1, 0.15) is 0 Å². The number of hydrogen-bond acceptors (Lipinski definition) is 5. The Labute approximate surface area is 67.1 Å². The minimum atomic E-state index is -0.803. The first-order valence-corrected chi connectivity index (χ1v) is 3.01. The fourth-order valence-electron chi connectivity index (χ4n) is 0.744. The maximum absolute atomic E-state index is 10.2. The summed E-state index contributed by atoms with van der Waals surface area (Å²) in [4.78, 5) is 13.1. The summed E-state index contributed by atoms with van der Waals surface area (Å²) in [6.45, 7) is 0. The zero-order valence-electron chi connectivity index (χ0n) is 6.21. The highest BCUT2D eigenvalue weighted by atomic mass is 16.6. The quantitative estimate of drug-likeness (QED) is 0.208. The highest BCUT2D eigenvalue weighted by Gasteiger charge is 2.21. The Hall–Kier alpha value is -1.92. The minimum Gasteiger partial charge on any atom is -0.358 e. The topological polar surface area (TPSA) is 93.5 Å². The summed E-state index contributed by atoms with van der Waals surface area (Å²) in [7, 11) is 1.57. The van der Waals surface area contributed by atoms with Crippen LogP contribution in [-0.2, 0) is 7.05 Å². The molecule has 0 spiro atoms. The summed E-state index contributed by atoms with van der Waals surface area (Å²) in [6.07, 6.45) is 2.90. The molecule has 0 aliphatic heterocycles. The highest BCUT2D eigenvalue weighted by Crippen LogP contribution is 1.97. The Bertz CT molecular complexity index is 329. The van der Waals surface area contributed by atoms with E-state index in [1.165, 1.54) is 17.0 Å². The molecule has 1 aromatic heterocycles. The molecule has 1 heterocycles. The lowest BCUT2D eigenvalue weighted by Crippen LogP contribution is -2.17. The van der Waals surface area contributed by atoms with Gasteiger partial charge in [-0.2, -0.15) is 0 Å². The summed E-state index contributed by atoms with van der Waals surface area (Å²) in [5.74, 6) is -0.648. The van der Waals surface area contributed by atoms with E-state index in [-0.39, 0.29) is 5.82 Å². The molecule has 0 bridgehead atoms. The van der Waals surface area contributed by atoms with Crippen LogP contribution in [0.2, 0.25) is 0 Å². The summed E-state index contributed by atoms with van der Waals surface area (Å²) in [5, 5.41) is 21.1. The molecule has 0 radical (unpaired) electrons. The first-order valence-electron chi connectivity index (χ1n) is 3.01. The van der Waals surface area contributed by atoms with Crippen LogP contribution in [0, 0.1) is 10.1 Å². The second kappa shape index (κ2) is 2.99. The number of oxime groups is 1. The Balaban J connectivity index is 3.13. The van der Waals surface area contributed by atoms with E-state index in [0.717, 1.165) is 0 Å². The van der Waals surface area contributed by atoms with Gasteiger partial charge >= 0.3 is 5.84 Å². The number of rotatable bonds is 1. The summed E-state index contributed by atoms with van der Waals surface area (Å²) >= 11 is 0. The molecule has 7 nitrogen and oxygen atoms in total. The van der Waals surface area contributed by atoms with Crippen LogP contribution in [-0.4, -0.2) is 25.5 Å². The molecule has 1 N–H and O–H groups in total. The van der Waals surface area contributed by atoms with Gasteiger partial charge in [0.2, 0.25) is 5.82 Å². The summed E-state index contributed by atoms with van der Waals surface area (Å²) < 4.78 is 1.39. The second-order valence-electron chi connectivity index (χ2n) is 2.04. The van der Waals surface area contributed by atoms with Crippen molar-refractivity contribution in [1.82, 2.24) is 9.55 Å². The molecule has 1 rings (SSSR count). The number of hydrogen-bond donors (Lipinski definition) is 1. The molecular weight excluding hydrogens is 164 g/mol. The van der Waals surface area contributed by atoms with E-state index < -0.39 is 10.8 Å². The molecule has 0 atom stereocenters. The van der Waals surface area contributed by atoms with Gasteiger partial charge in [0.25, 0.3) is 0 Å². The third kappa shape index (κ3) is 1.24. The van der Waals surface area contributed by atoms with E-state index in [1.54, 1.807) is 7.05 Å². The first kappa shape index (κ1) is 8.18. The van der Waals surface area contributed by atoms with E-state index in [1.807, 2.05) is 0 Å². The van der Waals surface area contributed by atoms with Gasteiger partial charge in [-0.3, -0.25) is 0 Å². The minimum absolute atomic E-state index is 0.0162. The van der Waals surface area contributed by atoms with E-state index >= 15 is 0 Å². The molecule has 0 amide bonds. The molecule has 0 aliphatic rings. The lowest BCUT2D eigenvalue weighted by Gasteiger charge is -1.95. The van der Waals surface area contributed by atoms with Gasteiger partial charge in [0.15, 0.2) is 5.16 Å². The van der Waals surface area contributed by atoms with Crippen molar-refractivity contribution >= 4 is 5.84 Å². The van der Waals surface area contributed by atoms with Crippen LogP contribution in [0.5, 0.6) is 0 Å². The van der Waals surface area contributed by atoms with Gasteiger partial charge in [0, 0.05) is 19.4 Å². The molecule has 0 saturated carbocycles. The van der Waals surface area contributed by atoms with Crippen LogP contribution in [0.1, 0.15) is 5.82 Å². The van der Waals surface area contributed by atoms with Gasteiger partial charge < -0.3 is 19.9 Å². The van der Waals surface area contributed by atoms with E-state index in [9.17, 15) is 10.1 Å². The lowest BCUT2D eigenvalue weighted by molar-refractivity contribution is -0.351. The molecule has 0 aromatic carbocycles. The van der Waals surface area contributed by atoms with Crippen molar-refractivity contribution in [3.05, 3.63) is 28.3 Å². The van der Waals surface area contributed by atoms with Crippen LogP contribution in [0.4, 0.5) is 0 Å². The van der Waals surface area contributed by atoms with Crippen molar-refractivity contribution in [3.63, 3.8) is 0 Å². The molecule has 12 heavy (non-hydrogen) atoms. The monoisotopic (exact) mass is 170 g/mol. The van der Waals surface area contributed by atoms with Crippen molar-refractivity contribution in [2.75, 3.05) is 0 Å². The van der Waals surface area contributed by atoms with Crippen LogP contribution in [0.15, 0.2) is 17.5 Å². The molecule has 1 aromatic rings. The number of amidine groups is 1. The Morgan fingerprint density at radius 3 is 2.92 bits per heavy atom. The molecular formula is C5H6N4O3. The summed E-state index contributed by atoms with van der Waals surface area (Å²) in [6, 6.07) is 0. The average molecular weight is 170 g/mol. The fraction of sp³-hybridized carbons (Fsp3) is 0.200. The number of aromatic nitrogens is 2. The molecule has 0 aliphatic carbocycles. The predicted molar refractivity (Wildman–Crippen MR) is 38.5 cm³/mol. The zero-order valence-corrected chi connectivity index (χ0v) is 6.21. The number of imidazole rings is 1. The Kier molecular flexibility index (Phi) is 2.04. The summed E-state index contributed by atoms with van der Waals surface area (Å²) in [5.41, 5.74) is 0. The van der Waals surface area contributed by atoms with E-state index in [2.05, 4.69) is 10.1 Å². The number of aryl methyl sites for hydroxylation is 1. The Morgan fingerprint density at radius 2 is 2.58 bits per heavy atom. The van der Waals surface area contributed by atoms with Gasteiger partial charge in [-0.25, -0.2) is 4.98 Å². The van der Waals surface area contributed by atoms with Gasteiger partial charge in [0.05, 0.1) is 0 Å². The molecule has 0 unspecified atom stereocenters. The van der Waals surface area contributed by atoms with Crippen LogP contribution in [0.3, 0.4) is 0 Å². The standard InChI is InChI=1S/C5H6N4O3/c1-8-3-2-6-4(8)5(7-10)9(11)12/h2-3,10H,1H3/b7-5+. The maximum atomic E-state index is 10.2. The third-order valence-corrected chi connectivity index (χ3v) is 1.29. The van der Waals surface area contributed by atoms with Crippen LogP contribution >= 0.6 is 0 Å². The van der Waals surface area contributed by atoms with Crippen molar-refractivity contribution in [1.29, 1.82) is 0 Å². The molecule has 7 heteroatoms. The van der Waals surface area contributed by atoms with Crippen molar-refractivity contribution < 1.29 is 10.1 Å². The van der Waals surface area contributed by atoms with Crippen molar-refractivity contribution in [3.8, 4) is 0 Å². The van der Waals surface area contributed by atoms with Crippen LogP contribution in [0.25, 0.3) is 0 Å². The third-order valence-electron chi connectivity index (χ3n) is 1.29. The SMILES string of the molecule is Cn1ccnc1/C(=N\O)[N+](=O)[O-]. The second-order valence-corrected chi connectivity index (χ2v) is 2.04.